The highest BCUT2D eigenvalue weighted by molar-refractivity contribution is 6.13. The molecular formula is C108H72N2. The quantitative estimate of drug-likeness (QED) is 0.119. The van der Waals surface area contributed by atoms with E-state index in [0.29, 0.717) is 0 Å². The summed E-state index contributed by atoms with van der Waals surface area (Å²) in [6, 6.07) is 151. The minimum atomic E-state index is -0.629. The van der Waals surface area contributed by atoms with Crippen molar-refractivity contribution in [3.8, 4) is 55.6 Å². The first-order chi connectivity index (χ1) is 54.2. The van der Waals surface area contributed by atoms with Crippen molar-refractivity contribution < 1.29 is 0 Å². The summed E-state index contributed by atoms with van der Waals surface area (Å²) in [7, 11) is 0. The molecule has 0 saturated heterocycles. The smallest absolute Gasteiger partial charge is 0.0714 e. The Morgan fingerprint density at radius 1 is 0.173 bits per heavy atom. The van der Waals surface area contributed by atoms with Gasteiger partial charge in [0.15, 0.2) is 0 Å². The number of hydrogen-bond acceptors (Lipinski definition) is 2. The summed E-state index contributed by atoms with van der Waals surface area (Å²) in [4.78, 5) is 4.96. The van der Waals surface area contributed by atoms with Gasteiger partial charge in [-0.05, 0) is 272 Å². The molecule has 0 saturated carbocycles. The zero-order chi connectivity index (χ0) is 72.8. The van der Waals surface area contributed by atoms with Crippen LogP contribution in [0.5, 0.6) is 0 Å². The summed E-state index contributed by atoms with van der Waals surface area (Å²) >= 11 is 0. The molecule has 0 fully saturated rings. The van der Waals surface area contributed by atoms with Crippen LogP contribution in [-0.2, 0) is 10.8 Å². The van der Waals surface area contributed by atoms with Crippen LogP contribution in [0.2, 0.25) is 0 Å². The maximum atomic E-state index is 2.50. The van der Waals surface area contributed by atoms with Crippen molar-refractivity contribution in [1.29, 1.82) is 0 Å². The number of nitrogens with zero attached hydrogens (tertiary/aromatic N) is 2. The van der Waals surface area contributed by atoms with Gasteiger partial charge in [0, 0.05) is 39.5 Å². The lowest BCUT2D eigenvalue weighted by molar-refractivity contribution is 0.660. The highest BCUT2D eigenvalue weighted by Gasteiger charge is 2.47. The number of fused-ring (bicyclic) bond motifs is 18. The van der Waals surface area contributed by atoms with Gasteiger partial charge >= 0.3 is 0 Å². The second-order valence-electron chi connectivity index (χ2n) is 30.7. The molecule has 0 bridgehead atoms. The maximum Gasteiger partial charge on any atom is 0.0714 e. The molecule has 0 unspecified atom stereocenters. The third kappa shape index (κ3) is 9.96. The molecule has 0 aromatic heterocycles. The van der Waals surface area contributed by atoms with Gasteiger partial charge in [-0.15, -0.1) is 0 Å². The number of hydrogen-bond donors (Lipinski definition) is 0. The van der Waals surface area contributed by atoms with Crippen LogP contribution in [0.25, 0.3) is 142 Å². The van der Waals surface area contributed by atoms with Crippen molar-refractivity contribution in [2.24, 2.45) is 0 Å². The highest BCUT2D eigenvalue weighted by atomic mass is 15.1. The average Bonchev–Trinajstić information content (AvgIpc) is 1.52. The predicted octanol–water partition coefficient (Wildman–Crippen LogP) is 29.5. The Kier molecular flexibility index (Phi) is 14.3. The summed E-state index contributed by atoms with van der Waals surface area (Å²) in [6.45, 7) is 4.82. The molecule has 22 rings (SSSR count). The van der Waals surface area contributed by atoms with Crippen LogP contribution in [0.1, 0.15) is 47.2 Å². The van der Waals surface area contributed by atoms with Crippen molar-refractivity contribution in [3.05, 3.63) is 434 Å². The third-order valence-corrected chi connectivity index (χ3v) is 24.4. The van der Waals surface area contributed by atoms with Crippen LogP contribution in [0.15, 0.2) is 400 Å². The Morgan fingerprint density at radius 2 is 0.455 bits per heavy atom. The van der Waals surface area contributed by atoms with Gasteiger partial charge in [-0.25, -0.2) is 0 Å². The van der Waals surface area contributed by atoms with Gasteiger partial charge in [0.05, 0.1) is 5.41 Å². The Balaban J connectivity index is 0.625. The van der Waals surface area contributed by atoms with E-state index in [4.69, 9.17) is 0 Å². The third-order valence-electron chi connectivity index (χ3n) is 24.4. The lowest BCUT2D eigenvalue weighted by Gasteiger charge is -2.35. The van der Waals surface area contributed by atoms with Crippen LogP contribution in [0.3, 0.4) is 0 Å². The summed E-state index contributed by atoms with van der Waals surface area (Å²) in [5.74, 6) is 0. The van der Waals surface area contributed by atoms with E-state index in [0.717, 1.165) is 34.1 Å². The molecule has 0 aliphatic heterocycles. The average molecular weight is 1400 g/mol. The van der Waals surface area contributed by atoms with Crippen molar-refractivity contribution in [2.45, 2.75) is 24.7 Å². The Hall–Kier alpha value is -13.9. The standard InChI is InChI=1S/C108H72N2/c1-107(2)103-65-78(44-51-98(103)99-57-49-89(67-104(99)107)109(85-45-53-94-79(60-85)39-34-70-21-12-15-30-91(70)94)86-46-54-95-80(61-86)40-35-71-22-13-16-31-92(71)95)75-25-18-24-74(59-75)76-38-33-73-37-42-82-63-88(48-56-97(82)102(73)64-76)110(87-47-55-96-81(62-87)41-36-72-23-14-17-32-93(72)96)90-50-58-101-100-52-43-77(69-19-6-3-7-20-69)66-105(100)108(106(101)68-90,83-26-8-4-9-27-83)84-28-10-5-11-29-84/h3-68H,1-2H3. The van der Waals surface area contributed by atoms with Gasteiger partial charge < -0.3 is 9.80 Å². The zero-order valence-corrected chi connectivity index (χ0v) is 61.0. The summed E-state index contributed by atoms with van der Waals surface area (Å²) in [6.07, 6.45) is 0. The van der Waals surface area contributed by atoms with Crippen LogP contribution in [-0.4, -0.2) is 0 Å². The minimum absolute atomic E-state index is 0.288. The molecule has 2 nitrogen and oxygen atoms in total. The van der Waals surface area contributed by atoms with Crippen molar-refractivity contribution in [3.63, 3.8) is 0 Å². The van der Waals surface area contributed by atoms with Gasteiger partial charge in [0.1, 0.15) is 0 Å². The second-order valence-corrected chi connectivity index (χ2v) is 30.7. The Morgan fingerprint density at radius 3 is 0.927 bits per heavy atom. The van der Waals surface area contributed by atoms with E-state index in [1.165, 1.54) is 175 Å². The number of benzene rings is 20. The van der Waals surface area contributed by atoms with Crippen molar-refractivity contribution >= 4 is 120 Å². The van der Waals surface area contributed by atoms with Gasteiger partial charge in [0.25, 0.3) is 0 Å². The molecule has 0 atom stereocenters. The van der Waals surface area contributed by atoms with Crippen LogP contribution in [0.4, 0.5) is 34.1 Å². The van der Waals surface area contributed by atoms with E-state index in [1.807, 2.05) is 0 Å². The maximum absolute atomic E-state index is 2.50. The molecule has 2 heteroatoms. The van der Waals surface area contributed by atoms with E-state index < -0.39 is 5.41 Å². The molecule has 0 radical (unpaired) electrons. The second kappa shape index (κ2) is 24.8. The topological polar surface area (TPSA) is 6.48 Å². The van der Waals surface area contributed by atoms with Crippen molar-refractivity contribution in [2.75, 3.05) is 9.80 Å². The Bertz CT molecular complexity index is 7030. The molecule has 20 aromatic rings. The molecule has 0 heterocycles. The molecular weight excluding hydrogens is 1330 g/mol. The van der Waals surface area contributed by atoms with Crippen molar-refractivity contribution in [1.82, 2.24) is 0 Å². The first-order valence-electron chi connectivity index (χ1n) is 38.4. The van der Waals surface area contributed by atoms with E-state index in [2.05, 4.69) is 424 Å². The van der Waals surface area contributed by atoms with Crippen LogP contribution >= 0.6 is 0 Å². The number of rotatable bonds is 11. The molecule has 2 aliphatic rings. The summed E-state index contributed by atoms with van der Waals surface area (Å²) < 4.78 is 0. The van der Waals surface area contributed by atoms with Crippen LogP contribution < -0.4 is 9.80 Å². The molecule has 0 amide bonds. The van der Waals surface area contributed by atoms with Crippen LogP contribution in [0, 0.1) is 0 Å². The van der Waals surface area contributed by atoms with E-state index in [9.17, 15) is 0 Å². The summed E-state index contributed by atoms with van der Waals surface area (Å²) in [5, 5.41) is 19.7. The van der Waals surface area contributed by atoms with Gasteiger partial charge in [0.2, 0.25) is 0 Å². The first kappa shape index (κ1) is 63.4. The molecule has 0 spiro atoms. The largest absolute Gasteiger partial charge is 0.310 e. The first-order valence-corrected chi connectivity index (χ1v) is 38.4. The SMILES string of the molecule is CC1(C)c2cc(-c3cccc(-c4ccc5ccc6cc(N(c7ccc8c(c7)C(c7ccccc7)(c7ccccc7)c7cc(-c9ccccc9)ccc7-8)c7ccc8c(ccc9ccccc98)c7)ccc6c5c4)c3)ccc2-c2ccc(N(c3ccc4c(ccc5ccccc54)c3)c3ccc4c(ccc5ccccc54)c3)cc21. The molecule has 2 aliphatic carbocycles. The lowest BCUT2D eigenvalue weighted by atomic mass is 9.67. The molecule has 110 heavy (non-hydrogen) atoms. The van der Waals surface area contributed by atoms with Gasteiger partial charge in [-0.2, -0.15) is 0 Å². The van der Waals surface area contributed by atoms with Gasteiger partial charge in [-0.3, -0.25) is 0 Å². The monoisotopic (exact) mass is 1400 g/mol. The fourth-order valence-electron chi connectivity index (χ4n) is 19.0. The molecule has 514 valence electrons. The Labute approximate surface area is 639 Å². The van der Waals surface area contributed by atoms with E-state index in [-0.39, 0.29) is 5.41 Å². The zero-order valence-electron chi connectivity index (χ0n) is 61.0. The van der Waals surface area contributed by atoms with E-state index in [1.54, 1.807) is 0 Å². The molecule has 20 aromatic carbocycles. The fraction of sp³-hybridized carbons (Fsp3) is 0.0370. The predicted molar refractivity (Wildman–Crippen MR) is 467 cm³/mol. The lowest BCUT2D eigenvalue weighted by Crippen LogP contribution is -2.28. The number of anilines is 6. The normalized spacial score (nSPS) is 13.1. The van der Waals surface area contributed by atoms with E-state index >= 15 is 0 Å². The highest BCUT2D eigenvalue weighted by Crippen LogP contribution is 2.59. The minimum Gasteiger partial charge on any atom is -0.310 e. The molecule has 0 N–H and O–H groups in total. The fourth-order valence-corrected chi connectivity index (χ4v) is 19.0. The summed E-state index contributed by atoms with van der Waals surface area (Å²) in [5.41, 5.74) is 25.6. The van der Waals surface area contributed by atoms with Gasteiger partial charge in [-0.1, -0.05) is 317 Å².